The molecular weight excluding hydrogens is 366 g/mol. The lowest BCUT2D eigenvalue weighted by atomic mass is 10.1. The summed E-state index contributed by atoms with van der Waals surface area (Å²) in [7, 11) is 1.59. The topological polar surface area (TPSA) is 68.5 Å². The number of ether oxygens (including phenoxy) is 1. The van der Waals surface area contributed by atoms with Crippen molar-refractivity contribution in [1.29, 1.82) is 0 Å². The second-order valence-electron chi connectivity index (χ2n) is 5.92. The van der Waals surface area contributed by atoms with Crippen molar-refractivity contribution in [2.24, 2.45) is 0 Å². The van der Waals surface area contributed by atoms with Crippen LogP contribution in [0.5, 0.6) is 5.75 Å². The van der Waals surface area contributed by atoms with Crippen LogP contribution in [0.15, 0.2) is 53.1 Å². The predicted molar refractivity (Wildman–Crippen MR) is 103 cm³/mol. The number of rotatable bonds is 7. The van der Waals surface area contributed by atoms with Gasteiger partial charge in [0.15, 0.2) is 0 Å². The van der Waals surface area contributed by atoms with Crippen molar-refractivity contribution in [2.45, 2.75) is 19.9 Å². The van der Waals surface area contributed by atoms with E-state index in [9.17, 15) is 4.79 Å². The zero-order valence-electron chi connectivity index (χ0n) is 15.2. The number of benzene rings is 2. The molecule has 0 radical (unpaired) electrons. The molecule has 0 unspecified atom stereocenters. The fourth-order valence-corrected chi connectivity index (χ4v) is 2.82. The SMILES string of the molecule is CCN(Cc1nc(-c2ccc(Cl)cc2)no1)C(=O)Cc1ccccc1OC. The Morgan fingerprint density at radius 1 is 1.19 bits per heavy atom. The Bertz CT molecular complexity index is 909. The maximum absolute atomic E-state index is 12.7. The van der Waals surface area contributed by atoms with Crippen molar-refractivity contribution in [3.8, 4) is 17.1 Å². The summed E-state index contributed by atoms with van der Waals surface area (Å²) in [5.41, 5.74) is 1.65. The molecule has 0 atom stereocenters. The third-order valence-corrected chi connectivity index (χ3v) is 4.42. The van der Waals surface area contributed by atoms with Crippen molar-refractivity contribution in [1.82, 2.24) is 15.0 Å². The van der Waals surface area contributed by atoms with Crippen LogP contribution in [0.2, 0.25) is 5.02 Å². The van der Waals surface area contributed by atoms with Crippen LogP contribution in [-0.4, -0.2) is 34.6 Å². The van der Waals surface area contributed by atoms with Gasteiger partial charge in [0.25, 0.3) is 0 Å². The van der Waals surface area contributed by atoms with Gasteiger partial charge in [-0.1, -0.05) is 35.0 Å². The molecule has 0 N–H and O–H groups in total. The summed E-state index contributed by atoms with van der Waals surface area (Å²) in [6, 6.07) is 14.7. The molecule has 27 heavy (non-hydrogen) atoms. The van der Waals surface area contributed by atoms with Crippen molar-refractivity contribution in [3.63, 3.8) is 0 Å². The Hall–Kier alpha value is -2.86. The van der Waals surface area contributed by atoms with Gasteiger partial charge in [-0.25, -0.2) is 0 Å². The Labute approximate surface area is 162 Å². The summed E-state index contributed by atoms with van der Waals surface area (Å²) in [5, 5.41) is 4.63. The highest BCUT2D eigenvalue weighted by molar-refractivity contribution is 6.30. The number of amides is 1. The summed E-state index contributed by atoms with van der Waals surface area (Å²) in [6.45, 7) is 2.70. The number of hydrogen-bond donors (Lipinski definition) is 0. The summed E-state index contributed by atoms with van der Waals surface area (Å²) < 4.78 is 10.6. The van der Waals surface area contributed by atoms with Gasteiger partial charge in [0.2, 0.25) is 17.6 Å². The van der Waals surface area contributed by atoms with Crippen molar-refractivity contribution < 1.29 is 14.1 Å². The molecule has 0 bridgehead atoms. The minimum atomic E-state index is -0.0340. The Balaban J connectivity index is 1.69. The molecule has 140 valence electrons. The summed E-state index contributed by atoms with van der Waals surface area (Å²) in [6.07, 6.45) is 0.246. The van der Waals surface area contributed by atoms with Crippen molar-refractivity contribution in [2.75, 3.05) is 13.7 Å². The Kier molecular flexibility index (Phi) is 6.08. The van der Waals surface area contributed by atoms with Crippen LogP contribution in [0.1, 0.15) is 18.4 Å². The van der Waals surface area contributed by atoms with Gasteiger partial charge in [-0.3, -0.25) is 4.79 Å². The molecule has 3 aromatic rings. The fraction of sp³-hybridized carbons (Fsp3) is 0.250. The summed E-state index contributed by atoms with van der Waals surface area (Å²) in [5.74, 6) is 1.52. The largest absolute Gasteiger partial charge is 0.496 e. The molecule has 0 saturated heterocycles. The molecule has 3 rings (SSSR count). The molecule has 0 saturated carbocycles. The summed E-state index contributed by atoms with van der Waals surface area (Å²) in [4.78, 5) is 18.8. The van der Waals surface area contributed by atoms with Gasteiger partial charge < -0.3 is 14.2 Å². The molecule has 0 fully saturated rings. The second kappa shape index (κ2) is 8.68. The number of hydrogen-bond acceptors (Lipinski definition) is 5. The molecule has 0 aliphatic heterocycles. The maximum Gasteiger partial charge on any atom is 0.246 e. The Morgan fingerprint density at radius 3 is 2.63 bits per heavy atom. The molecule has 7 heteroatoms. The lowest BCUT2D eigenvalue weighted by Gasteiger charge is -2.19. The van der Waals surface area contributed by atoms with E-state index in [1.165, 1.54) is 0 Å². The number of halogens is 1. The molecule has 2 aromatic carbocycles. The lowest BCUT2D eigenvalue weighted by molar-refractivity contribution is -0.131. The molecule has 1 aromatic heterocycles. The third kappa shape index (κ3) is 4.65. The van der Waals surface area contributed by atoms with Gasteiger partial charge >= 0.3 is 0 Å². The van der Waals surface area contributed by atoms with E-state index in [1.54, 1.807) is 24.1 Å². The number of likely N-dealkylation sites (N-methyl/N-ethyl adjacent to an activating group) is 1. The van der Waals surface area contributed by atoms with Crippen LogP contribution in [0, 0.1) is 0 Å². The molecule has 1 amide bonds. The normalized spacial score (nSPS) is 10.6. The first-order valence-corrected chi connectivity index (χ1v) is 8.96. The van der Waals surface area contributed by atoms with Gasteiger partial charge in [-0.2, -0.15) is 4.98 Å². The first-order valence-electron chi connectivity index (χ1n) is 8.59. The van der Waals surface area contributed by atoms with Gasteiger partial charge in [0.1, 0.15) is 5.75 Å². The first-order chi connectivity index (χ1) is 13.1. The van der Waals surface area contributed by atoms with Gasteiger partial charge in [0, 0.05) is 22.7 Å². The second-order valence-corrected chi connectivity index (χ2v) is 6.35. The van der Waals surface area contributed by atoms with Gasteiger partial charge in [0.05, 0.1) is 20.1 Å². The average Bonchev–Trinajstić information content (AvgIpc) is 3.15. The highest BCUT2D eigenvalue weighted by atomic mass is 35.5. The van der Waals surface area contributed by atoms with Crippen LogP contribution < -0.4 is 4.74 Å². The number of aromatic nitrogens is 2. The zero-order chi connectivity index (χ0) is 19.2. The molecule has 1 heterocycles. The van der Waals surface area contributed by atoms with Crippen LogP contribution in [-0.2, 0) is 17.8 Å². The number of carbonyl (C=O) groups is 1. The van der Waals surface area contributed by atoms with E-state index in [1.807, 2.05) is 43.3 Å². The van der Waals surface area contributed by atoms with Crippen LogP contribution in [0.3, 0.4) is 0 Å². The van der Waals surface area contributed by atoms with Crippen LogP contribution in [0.25, 0.3) is 11.4 Å². The van der Waals surface area contributed by atoms with E-state index < -0.39 is 0 Å². The minimum Gasteiger partial charge on any atom is -0.496 e. The molecule has 0 aliphatic rings. The van der Waals surface area contributed by atoms with Crippen LogP contribution >= 0.6 is 11.6 Å². The number of carbonyl (C=O) groups excluding carboxylic acids is 1. The summed E-state index contributed by atoms with van der Waals surface area (Å²) >= 11 is 5.90. The van der Waals surface area contributed by atoms with Crippen LogP contribution in [0.4, 0.5) is 0 Å². The van der Waals surface area contributed by atoms with Gasteiger partial charge in [-0.05, 0) is 37.3 Å². The maximum atomic E-state index is 12.7. The minimum absolute atomic E-state index is 0.0340. The monoisotopic (exact) mass is 385 g/mol. The van der Waals surface area contributed by atoms with E-state index >= 15 is 0 Å². The van der Waals surface area contributed by atoms with Crippen molar-refractivity contribution >= 4 is 17.5 Å². The Morgan fingerprint density at radius 2 is 1.93 bits per heavy atom. The molecule has 0 spiro atoms. The van der Waals surface area contributed by atoms with E-state index in [0.717, 1.165) is 11.1 Å². The van der Waals surface area contributed by atoms with E-state index in [0.29, 0.717) is 29.0 Å². The van der Waals surface area contributed by atoms with E-state index in [4.69, 9.17) is 20.9 Å². The lowest BCUT2D eigenvalue weighted by Crippen LogP contribution is -2.31. The average molecular weight is 386 g/mol. The highest BCUT2D eigenvalue weighted by Gasteiger charge is 2.18. The smallest absolute Gasteiger partial charge is 0.246 e. The zero-order valence-corrected chi connectivity index (χ0v) is 15.9. The third-order valence-electron chi connectivity index (χ3n) is 4.17. The number of nitrogens with zero attached hydrogens (tertiary/aromatic N) is 3. The molecular formula is C20H20ClN3O3. The predicted octanol–water partition coefficient (Wildman–Crippen LogP) is 3.99. The molecule has 0 aliphatic carbocycles. The number of para-hydroxylation sites is 1. The first kappa shape index (κ1) is 18.9. The van der Waals surface area contributed by atoms with E-state index in [-0.39, 0.29) is 18.9 Å². The molecule has 6 nitrogen and oxygen atoms in total. The quantitative estimate of drug-likeness (QED) is 0.615. The highest BCUT2D eigenvalue weighted by Crippen LogP contribution is 2.21. The number of methoxy groups -OCH3 is 1. The van der Waals surface area contributed by atoms with Crippen molar-refractivity contribution in [3.05, 3.63) is 65.0 Å². The van der Waals surface area contributed by atoms with E-state index in [2.05, 4.69) is 10.1 Å². The standard InChI is InChI=1S/C20H20ClN3O3/c1-3-24(19(25)12-15-6-4-5-7-17(15)26-2)13-18-22-20(23-27-18)14-8-10-16(21)11-9-14/h4-11H,3,12-13H2,1-2H3. The van der Waals surface area contributed by atoms with Gasteiger partial charge in [-0.15, -0.1) is 0 Å². The fourth-order valence-electron chi connectivity index (χ4n) is 2.70.